The maximum Gasteiger partial charge on any atom is 0.339 e. The average Bonchev–Trinajstić information content (AvgIpc) is 2.52. The number of nitro groups is 1. The highest BCUT2D eigenvalue weighted by molar-refractivity contribution is 14.1. The van der Waals surface area contributed by atoms with E-state index in [0.29, 0.717) is 5.69 Å². The predicted molar refractivity (Wildman–Crippen MR) is 95.9 cm³/mol. The summed E-state index contributed by atoms with van der Waals surface area (Å²) in [7, 11) is 0. The van der Waals surface area contributed by atoms with Crippen molar-refractivity contribution in [2.24, 2.45) is 0 Å². The molecule has 7 nitrogen and oxygen atoms in total. The zero-order valence-electron chi connectivity index (χ0n) is 12.6. The molecule has 2 aromatic carbocycles. The molecule has 2 aromatic rings. The normalized spacial score (nSPS) is 10.1. The van der Waals surface area contributed by atoms with Gasteiger partial charge in [-0.15, -0.1) is 0 Å². The molecule has 0 bridgehead atoms. The van der Waals surface area contributed by atoms with E-state index in [4.69, 9.17) is 4.74 Å². The second-order valence-electron chi connectivity index (χ2n) is 4.84. The van der Waals surface area contributed by atoms with E-state index in [0.717, 1.165) is 3.57 Å². The Kier molecular flexibility index (Phi) is 5.85. The summed E-state index contributed by atoms with van der Waals surface area (Å²) in [4.78, 5) is 34.2. The van der Waals surface area contributed by atoms with Crippen LogP contribution in [0.1, 0.15) is 15.9 Å². The first kappa shape index (κ1) is 17.9. The minimum Gasteiger partial charge on any atom is -0.452 e. The summed E-state index contributed by atoms with van der Waals surface area (Å²) in [6, 6.07) is 11.3. The maximum absolute atomic E-state index is 12.0. The van der Waals surface area contributed by atoms with Crippen LogP contribution in [0, 0.1) is 20.6 Å². The van der Waals surface area contributed by atoms with Crippen LogP contribution in [0.25, 0.3) is 0 Å². The van der Waals surface area contributed by atoms with Crippen molar-refractivity contribution in [2.75, 3.05) is 11.9 Å². The van der Waals surface area contributed by atoms with E-state index in [2.05, 4.69) is 27.9 Å². The molecule has 0 aliphatic carbocycles. The maximum atomic E-state index is 12.0. The van der Waals surface area contributed by atoms with Crippen molar-refractivity contribution in [1.82, 2.24) is 0 Å². The lowest BCUT2D eigenvalue weighted by atomic mass is 10.1. The highest BCUT2D eigenvalue weighted by Gasteiger charge is 2.19. The molecule has 0 aromatic heterocycles. The van der Waals surface area contributed by atoms with E-state index >= 15 is 0 Å². The number of halogens is 1. The van der Waals surface area contributed by atoms with Gasteiger partial charge in [0.2, 0.25) is 0 Å². The van der Waals surface area contributed by atoms with Gasteiger partial charge in [-0.3, -0.25) is 14.9 Å². The number of nitro benzene ring substituents is 1. The number of carbonyl (C=O) groups excluding carboxylic acids is 2. The molecule has 124 valence electrons. The van der Waals surface area contributed by atoms with E-state index in [-0.39, 0.29) is 16.8 Å². The Bertz CT molecular complexity index is 807. The van der Waals surface area contributed by atoms with E-state index in [9.17, 15) is 19.7 Å². The van der Waals surface area contributed by atoms with Crippen molar-refractivity contribution in [3.05, 3.63) is 67.3 Å². The number of anilines is 1. The number of hydrogen-bond donors (Lipinski definition) is 1. The van der Waals surface area contributed by atoms with E-state index < -0.39 is 23.4 Å². The molecule has 1 N–H and O–H groups in total. The Labute approximate surface area is 151 Å². The summed E-state index contributed by atoms with van der Waals surface area (Å²) < 4.78 is 5.89. The van der Waals surface area contributed by atoms with Crippen LogP contribution in [-0.4, -0.2) is 23.4 Å². The summed E-state index contributed by atoms with van der Waals surface area (Å²) in [6.07, 6.45) is 0. The minimum atomic E-state index is -0.783. The van der Waals surface area contributed by atoms with Crippen LogP contribution in [0.3, 0.4) is 0 Å². The molecule has 0 spiro atoms. The van der Waals surface area contributed by atoms with Gasteiger partial charge >= 0.3 is 5.97 Å². The van der Waals surface area contributed by atoms with Gasteiger partial charge in [0, 0.05) is 20.9 Å². The van der Waals surface area contributed by atoms with Crippen molar-refractivity contribution in [1.29, 1.82) is 0 Å². The molecule has 24 heavy (non-hydrogen) atoms. The lowest BCUT2D eigenvalue weighted by molar-refractivity contribution is -0.385. The molecule has 8 heteroatoms. The Morgan fingerprint density at radius 3 is 2.62 bits per heavy atom. The van der Waals surface area contributed by atoms with Gasteiger partial charge in [-0.25, -0.2) is 4.79 Å². The van der Waals surface area contributed by atoms with Crippen LogP contribution in [-0.2, 0) is 9.53 Å². The standard InChI is InChI=1S/C16H13IN2O5/c1-10-13(6-3-7-14(10)19(22)23)16(21)24-9-15(20)18-12-5-2-4-11(17)8-12/h2-8H,9H2,1H3,(H,18,20). The van der Waals surface area contributed by atoms with Gasteiger partial charge in [0.1, 0.15) is 0 Å². The topological polar surface area (TPSA) is 98.5 Å². The molecule has 0 atom stereocenters. The van der Waals surface area contributed by atoms with Crippen molar-refractivity contribution in [2.45, 2.75) is 6.92 Å². The molecule has 0 saturated heterocycles. The fraction of sp³-hybridized carbons (Fsp3) is 0.125. The summed E-state index contributed by atoms with van der Waals surface area (Å²) >= 11 is 2.11. The van der Waals surface area contributed by atoms with Crippen LogP contribution < -0.4 is 5.32 Å². The molecular weight excluding hydrogens is 427 g/mol. The number of benzene rings is 2. The van der Waals surface area contributed by atoms with Crippen LogP contribution in [0.2, 0.25) is 0 Å². The number of ether oxygens (including phenoxy) is 1. The predicted octanol–water partition coefficient (Wildman–Crippen LogP) is 3.30. The molecule has 0 fully saturated rings. The van der Waals surface area contributed by atoms with Crippen LogP contribution in [0.5, 0.6) is 0 Å². The van der Waals surface area contributed by atoms with E-state index in [1.54, 1.807) is 18.2 Å². The Morgan fingerprint density at radius 1 is 1.25 bits per heavy atom. The molecule has 1 amide bonds. The molecule has 0 radical (unpaired) electrons. The van der Waals surface area contributed by atoms with Gasteiger partial charge in [0.25, 0.3) is 11.6 Å². The van der Waals surface area contributed by atoms with Gasteiger partial charge in [0.05, 0.1) is 10.5 Å². The third-order valence-corrected chi connectivity index (χ3v) is 3.84. The number of rotatable bonds is 5. The first-order valence-electron chi connectivity index (χ1n) is 6.85. The van der Waals surface area contributed by atoms with Gasteiger partial charge in [0.15, 0.2) is 6.61 Å². The largest absolute Gasteiger partial charge is 0.452 e. The molecular formula is C16H13IN2O5. The molecule has 0 heterocycles. The van der Waals surface area contributed by atoms with Gasteiger partial charge < -0.3 is 10.1 Å². The first-order chi connectivity index (χ1) is 11.4. The average molecular weight is 440 g/mol. The second kappa shape index (κ2) is 7.86. The smallest absolute Gasteiger partial charge is 0.339 e. The van der Waals surface area contributed by atoms with Gasteiger partial charge in [-0.1, -0.05) is 12.1 Å². The quantitative estimate of drug-likeness (QED) is 0.333. The lowest BCUT2D eigenvalue weighted by Crippen LogP contribution is -2.21. The second-order valence-corrected chi connectivity index (χ2v) is 6.09. The van der Waals surface area contributed by atoms with Crippen LogP contribution >= 0.6 is 22.6 Å². The SMILES string of the molecule is Cc1c(C(=O)OCC(=O)Nc2cccc(I)c2)cccc1[N+](=O)[O-]. The molecule has 0 aliphatic rings. The summed E-state index contributed by atoms with van der Waals surface area (Å²) in [5, 5.41) is 13.5. The van der Waals surface area contributed by atoms with Crippen molar-refractivity contribution in [3.8, 4) is 0 Å². The monoisotopic (exact) mass is 440 g/mol. The van der Waals surface area contributed by atoms with Crippen LogP contribution in [0.4, 0.5) is 11.4 Å². The molecule has 2 rings (SSSR count). The molecule has 0 saturated carbocycles. The van der Waals surface area contributed by atoms with E-state index in [1.165, 1.54) is 25.1 Å². The lowest BCUT2D eigenvalue weighted by Gasteiger charge is -2.08. The zero-order valence-corrected chi connectivity index (χ0v) is 14.8. The molecule has 0 aliphatic heterocycles. The Morgan fingerprint density at radius 2 is 1.96 bits per heavy atom. The summed E-state index contributed by atoms with van der Waals surface area (Å²) in [5.74, 6) is -1.28. The number of nitrogens with zero attached hydrogens (tertiary/aromatic N) is 1. The van der Waals surface area contributed by atoms with Crippen molar-refractivity contribution < 1.29 is 19.2 Å². The van der Waals surface area contributed by atoms with Gasteiger partial charge in [-0.2, -0.15) is 0 Å². The minimum absolute atomic E-state index is 0.0614. The number of amides is 1. The first-order valence-corrected chi connectivity index (χ1v) is 7.93. The number of carbonyl (C=O) groups is 2. The fourth-order valence-electron chi connectivity index (χ4n) is 2.01. The molecule has 0 unspecified atom stereocenters. The highest BCUT2D eigenvalue weighted by Crippen LogP contribution is 2.21. The Hall–Kier alpha value is -2.49. The summed E-state index contributed by atoms with van der Waals surface area (Å²) in [5.41, 5.74) is 0.680. The fourth-order valence-corrected chi connectivity index (χ4v) is 2.56. The van der Waals surface area contributed by atoms with E-state index in [1.807, 2.05) is 6.07 Å². The van der Waals surface area contributed by atoms with Crippen LogP contribution in [0.15, 0.2) is 42.5 Å². The van der Waals surface area contributed by atoms with Crippen molar-refractivity contribution in [3.63, 3.8) is 0 Å². The van der Waals surface area contributed by atoms with Crippen molar-refractivity contribution >= 4 is 45.8 Å². The number of esters is 1. The third kappa shape index (κ3) is 4.51. The van der Waals surface area contributed by atoms with Gasteiger partial charge in [-0.05, 0) is 53.8 Å². The number of nitrogens with one attached hydrogen (secondary N) is 1. The third-order valence-electron chi connectivity index (χ3n) is 3.16. The summed E-state index contributed by atoms with van der Waals surface area (Å²) in [6.45, 7) is 0.979. The number of hydrogen-bond acceptors (Lipinski definition) is 5. The Balaban J connectivity index is 1.99. The zero-order chi connectivity index (χ0) is 17.7. The highest BCUT2D eigenvalue weighted by atomic mass is 127.